The van der Waals surface area contributed by atoms with Gasteiger partial charge in [-0.3, -0.25) is 4.68 Å². The smallest absolute Gasteiger partial charge is 0.161 e. The molecule has 0 radical (unpaired) electrons. The minimum absolute atomic E-state index is 0.361. The molecule has 0 aliphatic carbocycles. The highest BCUT2D eigenvalue weighted by Gasteiger charge is 2.20. The average molecular weight is 331 g/mol. The fraction of sp³-hybridized carbons (Fsp3) is 0.250. The van der Waals surface area contributed by atoms with Crippen molar-refractivity contribution in [3.63, 3.8) is 0 Å². The number of benzene rings is 1. The van der Waals surface area contributed by atoms with Crippen LogP contribution in [-0.2, 0) is 7.05 Å². The van der Waals surface area contributed by atoms with Gasteiger partial charge >= 0.3 is 0 Å². The summed E-state index contributed by atoms with van der Waals surface area (Å²) in [6, 6.07) is 5.16. The van der Waals surface area contributed by atoms with Crippen molar-refractivity contribution in [3.8, 4) is 5.75 Å². The lowest BCUT2D eigenvalue weighted by Gasteiger charge is -2.16. The minimum atomic E-state index is -0.361. The largest absolute Gasteiger partial charge is 0.493 e. The van der Waals surface area contributed by atoms with Crippen molar-refractivity contribution in [1.82, 2.24) is 9.78 Å². The summed E-state index contributed by atoms with van der Waals surface area (Å²) in [5.74, 6) is 0.664. The Bertz CT molecular complexity index is 570. The molecule has 1 aromatic carbocycles. The summed E-state index contributed by atoms with van der Waals surface area (Å²) in [7, 11) is 3.43. The zero-order valence-corrected chi connectivity index (χ0v) is 12.4. The van der Waals surface area contributed by atoms with Crippen molar-refractivity contribution >= 4 is 27.5 Å². The van der Waals surface area contributed by atoms with Gasteiger partial charge in [-0.25, -0.2) is 0 Å². The molecule has 0 saturated carbocycles. The maximum absolute atomic E-state index is 6.28. The lowest BCUT2D eigenvalue weighted by molar-refractivity contribution is 0.406. The Morgan fingerprint density at radius 1 is 1.50 bits per heavy atom. The molecule has 4 nitrogen and oxygen atoms in total. The zero-order valence-electron chi connectivity index (χ0n) is 10.0. The maximum Gasteiger partial charge on any atom is 0.161 e. The molecule has 1 unspecified atom stereocenters. The van der Waals surface area contributed by atoms with Crippen molar-refractivity contribution in [2.75, 3.05) is 7.11 Å². The third-order valence-corrected chi connectivity index (χ3v) is 3.71. The number of nitrogens with two attached hydrogens (primary N) is 1. The Balaban J connectivity index is 2.50. The van der Waals surface area contributed by atoms with E-state index >= 15 is 0 Å². The summed E-state index contributed by atoms with van der Waals surface area (Å²) in [5, 5.41) is 4.79. The third kappa shape index (κ3) is 2.39. The zero-order chi connectivity index (χ0) is 13.3. The molecular weight excluding hydrogens is 318 g/mol. The second-order valence-corrected chi connectivity index (χ2v) is 5.16. The van der Waals surface area contributed by atoms with Gasteiger partial charge in [0.05, 0.1) is 19.3 Å². The van der Waals surface area contributed by atoms with Gasteiger partial charge in [-0.05, 0) is 23.8 Å². The highest BCUT2D eigenvalue weighted by atomic mass is 79.9. The summed E-state index contributed by atoms with van der Waals surface area (Å²) >= 11 is 9.48. The second-order valence-electron chi connectivity index (χ2n) is 3.87. The second kappa shape index (κ2) is 5.30. The number of ether oxygens (including phenoxy) is 1. The lowest BCUT2D eigenvalue weighted by Crippen LogP contribution is -2.17. The van der Waals surface area contributed by atoms with E-state index in [0.29, 0.717) is 10.8 Å². The molecule has 0 saturated heterocycles. The first-order chi connectivity index (χ1) is 8.54. The predicted molar refractivity (Wildman–Crippen MR) is 74.9 cm³/mol. The van der Waals surface area contributed by atoms with E-state index in [2.05, 4.69) is 21.0 Å². The van der Waals surface area contributed by atoms with Gasteiger partial charge in [-0.1, -0.05) is 27.5 Å². The molecule has 2 aromatic rings. The summed E-state index contributed by atoms with van der Waals surface area (Å²) in [5.41, 5.74) is 7.98. The van der Waals surface area contributed by atoms with Crippen LogP contribution in [-0.4, -0.2) is 16.9 Å². The van der Waals surface area contributed by atoms with E-state index in [0.717, 1.165) is 15.7 Å². The van der Waals surface area contributed by atoms with Crippen molar-refractivity contribution < 1.29 is 4.74 Å². The number of halogens is 2. The first-order valence-electron chi connectivity index (χ1n) is 5.31. The van der Waals surface area contributed by atoms with E-state index in [1.165, 1.54) is 0 Å². The number of aryl methyl sites for hydroxylation is 1. The highest BCUT2D eigenvalue weighted by molar-refractivity contribution is 9.10. The van der Waals surface area contributed by atoms with Gasteiger partial charge in [-0.15, -0.1) is 0 Å². The molecule has 0 aliphatic heterocycles. The van der Waals surface area contributed by atoms with Crippen molar-refractivity contribution in [2.45, 2.75) is 6.04 Å². The molecule has 0 spiro atoms. The molecule has 0 amide bonds. The van der Waals surface area contributed by atoms with E-state index in [1.807, 2.05) is 25.2 Å². The molecule has 1 heterocycles. The molecule has 2 rings (SSSR count). The van der Waals surface area contributed by atoms with Crippen LogP contribution in [0.1, 0.15) is 17.3 Å². The third-order valence-electron chi connectivity index (χ3n) is 2.76. The Morgan fingerprint density at radius 3 is 2.89 bits per heavy atom. The molecule has 1 atom stereocenters. The van der Waals surface area contributed by atoms with Crippen molar-refractivity contribution in [2.24, 2.45) is 12.8 Å². The van der Waals surface area contributed by atoms with Gasteiger partial charge in [0.2, 0.25) is 0 Å². The van der Waals surface area contributed by atoms with E-state index in [1.54, 1.807) is 18.0 Å². The van der Waals surface area contributed by atoms with Crippen LogP contribution in [0.4, 0.5) is 0 Å². The SMILES string of the molecule is COc1cnn(C)c1C(N)c1cc(Cl)ccc1Br. The summed E-state index contributed by atoms with van der Waals surface area (Å²) in [6.45, 7) is 0. The molecule has 0 aliphatic rings. The molecule has 18 heavy (non-hydrogen) atoms. The predicted octanol–water partition coefficient (Wildman–Crippen LogP) is 2.89. The Labute approximate surface area is 119 Å². The van der Waals surface area contributed by atoms with Gasteiger partial charge in [-0.2, -0.15) is 5.10 Å². The normalized spacial score (nSPS) is 12.5. The van der Waals surface area contributed by atoms with Crippen LogP contribution in [0.15, 0.2) is 28.9 Å². The fourth-order valence-corrected chi connectivity index (χ4v) is 2.51. The first-order valence-corrected chi connectivity index (χ1v) is 6.48. The number of methoxy groups -OCH3 is 1. The van der Waals surface area contributed by atoms with Gasteiger partial charge in [0.1, 0.15) is 5.69 Å². The number of aromatic nitrogens is 2. The van der Waals surface area contributed by atoms with Crippen LogP contribution in [0.5, 0.6) is 5.75 Å². The van der Waals surface area contributed by atoms with E-state index in [-0.39, 0.29) is 6.04 Å². The standard InChI is InChI=1S/C12H13BrClN3O/c1-17-12(10(18-2)6-16-17)11(15)8-5-7(14)3-4-9(8)13/h3-6,11H,15H2,1-2H3. The number of rotatable bonds is 3. The summed E-state index contributed by atoms with van der Waals surface area (Å²) in [6.07, 6.45) is 1.65. The van der Waals surface area contributed by atoms with Gasteiger partial charge in [0.15, 0.2) is 5.75 Å². The first kappa shape index (κ1) is 13.4. The molecule has 2 N–H and O–H groups in total. The fourth-order valence-electron chi connectivity index (χ4n) is 1.84. The van der Waals surface area contributed by atoms with E-state index < -0.39 is 0 Å². The average Bonchev–Trinajstić information content (AvgIpc) is 2.72. The van der Waals surface area contributed by atoms with Gasteiger partial charge in [0, 0.05) is 16.5 Å². The summed E-state index contributed by atoms with van der Waals surface area (Å²) < 4.78 is 7.88. The number of hydrogen-bond acceptors (Lipinski definition) is 3. The van der Waals surface area contributed by atoms with Crippen molar-refractivity contribution in [1.29, 1.82) is 0 Å². The van der Waals surface area contributed by atoms with E-state index in [4.69, 9.17) is 22.1 Å². The number of hydrogen-bond donors (Lipinski definition) is 1. The number of nitrogens with zero attached hydrogens (tertiary/aromatic N) is 2. The topological polar surface area (TPSA) is 53.1 Å². The van der Waals surface area contributed by atoms with E-state index in [9.17, 15) is 0 Å². The molecule has 0 fully saturated rings. The Hall–Kier alpha value is -1.04. The maximum atomic E-state index is 6.28. The van der Waals surface area contributed by atoms with Gasteiger partial charge < -0.3 is 10.5 Å². The Kier molecular flexibility index (Phi) is 3.94. The van der Waals surface area contributed by atoms with Crippen LogP contribution in [0.3, 0.4) is 0 Å². The van der Waals surface area contributed by atoms with Crippen LogP contribution in [0.2, 0.25) is 5.02 Å². The Morgan fingerprint density at radius 2 is 2.22 bits per heavy atom. The molecule has 6 heteroatoms. The molecule has 96 valence electrons. The van der Waals surface area contributed by atoms with Gasteiger partial charge in [0.25, 0.3) is 0 Å². The lowest BCUT2D eigenvalue weighted by atomic mass is 10.0. The monoisotopic (exact) mass is 329 g/mol. The minimum Gasteiger partial charge on any atom is -0.493 e. The van der Waals surface area contributed by atoms with Crippen LogP contribution < -0.4 is 10.5 Å². The van der Waals surface area contributed by atoms with Crippen LogP contribution in [0, 0.1) is 0 Å². The van der Waals surface area contributed by atoms with Crippen LogP contribution in [0.25, 0.3) is 0 Å². The molecule has 0 bridgehead atoms. The molecular formula is C12H13BrClN3O. The van der Waals surface area contributed by atoms with Crippen molar-refractivity contribution in [3.05, 3.63) is 45.1 Å². The molecule has 1 aromatic heterocycles. The quantitative estimate of drug-likeness (QED) is 0.941. The highest BCUT2D eigenvalue weighted by Crippen LogP contribution is 2.33. The van der Waals surface area contributed by atoms with Crippen LogP contribution >= 0.6 is 27.5 Å². The summed E-state index contributed by atoms with van der Waals surface area (Å²) in [4.78, 5) is 0.